The number of hydrogen-bond acceptors (Lipinski definition) is 8. The van der Waals surface area contributed by atoms with E-state index in [1.165, 1.54) is 6.26 Å². The molecule has 0 fully saturated rings. The number of fused-ring (bicyclic) bond motifs is 1. The van der Waals surface area contributed by atoms with Gasteiger partial charge in [-0.05, 0) is 36.4 Å². The highest BCUT2D eigenvalue weighted by Crippen LogP contribution is 2.34. The Morgan fingerprint density at radius 3 is 2.68 bits per heavy atom. The fourth-order valence-electron chi connectivity index (χ4n) is 3.28. The zero-order valence-electron chi connectivity index (χ0n) is 16.7. The predicted molar refractivity (Wildman–Crippen MR) is 116 cm³/mol. The Bertz CT molecular complexity index is 1200. The highest BCUT2D eigenvalue weighted by atomic mass is 19.1. The maximum atomic E-state index is 14.3. The van der Waals surface area contributed by atoms with Crippen LogP contribution in [0.3, 0.4) is 0 Å². The fraction of sp³-hybridized carbons (Fsp3) is 0.136. The summed E-state index contributed by atoms with van der Waals surface area (Å²) in [5, 5.41) is 6.08. The summed E-state index contributed by atoms with van der Waals surface area (Å²) >= 11 is 0. The molecule has 0 bridgehead atoms. The van der Waals surface area contributed by atoms with Crippen LogP contribution in [0.5, 0.6) is 5.75 Å². The van der Waals surface area contributed by atoms with E-state index < -0.39 is 5.82 Å². The zero-order valence-corrected chi connectivity index (χ0v) is 16.7. The Morgan fingerprint density at radius 2 is 1.87 bits per heavy atom. The number of aromatic nitrogens is 3. The average Bonchev–Trinajstić information content (AvgIpc) is 3.32. The largest absolute Gasteiger partial charge is 0.489 e. The van der Waals surface area contributed by atoms with Gasteiger partial charge in [-0.15, -0.1) is 0 Å². The fourth-order valence-corrected chi connectivity index (χ4v) is 3.28. The molecule has 0 radical (unpaired) electrons. The van der Waals surface area contributed by atoms with Crippen LogP contribution in [0.15, 0.2) is 65.5 Å². The number of anilines is 5. The van der Waals surface area contributed by atoms with Crippen LogP contribution in [0.1, 0.15) is 0 Å². The van der Waals surface area contributed by atoms with E-state index in [0.29, 0.717) is 18.2 Å². The number of ether oxygens (including phenoxy) is 1. The molecule has 0 spiro atoms. The summed E-state index contributed by atoms with van der Waals surface area (Å²) in [6, 6.07) is 13.0. The van der Waals surface area contributed by atoms with Crippen LogP contribution in [0.25, 0.3) is 11.5 Å². The number of rotatable bonds is 5. The van der Waals surface area contributed by atoms with Gasteiger partial charge in [-0.3, -0.25) is 0 Å². The lowest BCUT2D eigenvalue weighted by atomic mass is 10.2. The average molecular weight is 418 g/mol. The minimum Gasteiger partial charge on any atom is -0.489 e. The lowest BCUT2D eigenvalue weighted by Gasteiger charge is -2.28. The molecule has 156 valence electrons. The maximum Gasteiger partial charge on any atom is 0.229 e. The molecule has 9 heteroatoms. The van der Waals surface area contributed by atoms with E-state index in [0.717, 1.165) is 35.4 Å². The molecular formula is C22H19FN6O2. The summed E-state index contributed by atoms with van der Waals surface area (Å²) in [5.41, 5.74) is 3.26. The number of nitrogens with zero attached hydrogens (tertiary/aromatic N) is 4. The molecule has 0 saturated heterocycles. The highest BCUT2D eigenvalue weighted by Gasteiger charge is 2.16. The minimum absolute atomic E-state index is 0.0676. The van der Waals surface area contributed by atoms with Gasteiger partial charge in [0.1, 0.15) is 18.6 Å². The Morgan fingerprint density at radius 1 is 1.03 bits per heavy atom. The molecule has 0 atom stereocenters. The number of halogens is 1. The van der Waals surface area contributed by atoms with Gasteiger partial charge < -0.3 is 24.7 Å². The second-order valence-electron chi connectivity index (χ2n) is 7.01. The second kappa shape index (κ2) is 7.94. The van der Waals surface area contributed by atoms with Gasteiger partial charge in [0.15, 0.2) is 11.6 Å². The molecular weight excluding hydrogens is 399 g/mol. The van der Waals surface area contributed by atoms with Gasteiger partial charge in [0.05, 0.1) is 24.6 Å². The normalized spacial score (nSPS) is 12.8. The third kappa shape index (κ3) is 3.97. The predicted octanol–water partition coefficient (Wildman–Crippen LogP) is 4.59. The summed E-state index contributed by atoms with van der Waals surface area (Å²) in [4.78, 5) is 14.5. The number of hydrogen-bond donors (Lipinski definition) is 2. The molecule has 0 unspecified atom stereocenters. The van der Waals surface area contributed by atoms with Crippen molar-refractivity contribution in [1.82, 2.24) is 15.0 Å². The summed E-state index contributed by atoms with van der Waals surface area (Å²) < 4.78 is 25.3. The summed E-state index contributed by atoms with van der Waals surface area (Å²) in [6.07, 6.45) is 4.24. The van der Waals surface area contributed by atoms with E-state index in [2.05, 4.69) is 30.5 Å². The van der Waals surface area contributed by atoms with Crippen molar-refractivity contribution in [3.05, 3.63) is 66.9 Å². The number of likely N-dealkylation sites (N-methyl/N-ethyl adjacent to an activating group) is 1. The molecule has 5 rings (SSSR count). The van der Waals surface area contributed by atoms with E-state index >= 15 is 0 Å². The van der Waals surface area contributed by atoms with Crippen LogP contribution < -0.4 is 20.3 Å². The lowest BCUT2D eigenvalue weighted by Crippen LogP contribution is -2.28. The van der Waals surface area contributed by atoms with Crippen molar-refractivity contribution >= 4 is 28.8 Å². The summed E-state index contributed by atoms with van der Waals surface area (Å²) in [5.74, 6) is 1.06. The van der Waals surface area contributed by atoms with Gasteiger partial charge in [0, 0.05) is 30.1 Å². The van der Waals surface area contributed by atoms with Crippen LogP contribution in [-0.2, 0) is 0 Å². The monoisotopic (exact) mass is 418 g/mol. The van der Waals surface area contributed by atoms with Crippen molar-refractivity contribution in [3.63, 3.8) is 0 Å². The third-order valence-corrected chi connectivity index (χ3v) is 4.88. The van der Waals surface area contributed by atoms with Crippen LogP contribution in [0, 0.1) is 5.82 Å². The topological polar surface area (TPSA) is 88.3 Å². The highest BCUT2D eigenvalue weighted by molar-refractivity contribution is 5.69. The first-order valence-corrected chi connectivity index (χ1v) is 9.70. The molecule has 2 N–H and O–H groups in total. The SMILES string of the molecule is CN1CCOc2cc(Nc3nc(Nc4ccc(-c5ncco5)cc4)ncc3F)ccc21. The van der Waals surface area contributed by atoms with E-state index in [9.17, 15) is 4.39 Å². The van der Waals surface area contributed by atoms with Gasteiger partial charge in [-0.1, -0.05) is 0 Å². The van der Waals surface area contributed by atoms with Crippen molar-refractivity contribution in [2.45, 2.75) is 0 Å². The first kappa shape index (κ1) is 18.9. The smallest absolute Gasteiger partial charge is 0.229 e. The van der Waals surface area contributed by atoms with Crippen molar-refractivity contribution in [1.29, 1.82) is 0 Å². The Hall–Kier alpha value is -4.14. The van der Waals surface area contributed by atoms with Gasteiger partial charge in [0.25, 0.3) is 0 Å². The molecule has 31 heavy (non-hydrogen) atoms. The molecule has 0 aliphatic carbocycles. The Labute approximate surface area is 177 Å². The first-order valence-electron chi connectivity index (χ1n) is 9.70. The zero-order chi connectivity index (χ0) is 21.2. The third-order valence-electron chi connectivity index (χ3n) is 4.88. The van der Waals surface area contributed by atoms with Gasteiger partial charge in [-0.25, -0.2) is 14.4 Å². The van der Waals surface area contributed by atoms with Crippen molar-refractivity contribution in [3.8, 4) is 17.2 Å². The molecule has 0 saturated carbocycles. The van der Waals surface area contributed by atoms with E-state index in [1.807, 2.05) is 49.5 Å². The van der Waals surface area contributed by atoms with E-state index in [1.54, 1.807) is 6.20 Å². The maximum absolute atomic E-state index is 14.3. The molecule has 3 heterocycles. The Kier molecular flexibility index (Phi) is 4.83. The van der Waals surface area contributed by atoms with Crippen LogP contribution in [-0.4, -0.2) is 35.2 Å². The Balaban J connectivity index is 1.33. The van der Waals surface area contributed by atoms with Gasteiger partial charge >= 0.3 is 0 Å². The lowest BCUT2D eigenvalue weighted by molar-refractivity contribution is 0.311. The summed E-state index contributed by atoms with van der Waals surface area (Å²) in [6.45, 7) is 1.44. The molecule has 8 nitrogen and oxygen atoms in total. The van der Waals surface area contributed by atoms with Crippen LogP contribution in [0.4, 0.5) is 33.2 Å². The molecule has 1 aliphatic heterocycles. The molecule has 4 aromatic rings. The molecule has 2 aromatic heterocycles. The number of benzene rings is 2. The van der Waals surface area contributed by atoms with Crippen molar-refractivity contribution < 1.29 is 13.5 Å². The van der Waals surface area contributed by atoms with Crippen molar-refractivity contribution in [2.24, 2.45) is 0 Å². The number of oxazole rings is 1. The number of nitrogens with one attached hydrogen (secondary N) is 2. The van der Waals surface area contributed by atoms with Gasteiger partial charge in [0.2, 0.25) is 11.8 Å². The minimum atomic E-state index is -0.555. The quantitative estimate of drug-likeness (QED) is 0.487. The first-order chi connectivity index (χ1) is 15.2. The second-order valence-corrected chi connectivity index (χ2v) is 7.01. The molecule has 2 aromatic carbocycles. The summed E-state index contributed by atoms with van der Waals surface area (Å²) in [7, 11) is 2.01. The van der Waals surface area contributed by atoms with Crippen LogP contribution >= 0.6 is 0 Å². The van der Waals surface area contributed by atoms with Crippen molar-refractivity contribution in [2.75, 3.05) is 35.7 Å². The van der Waals surface area contributed by atoms with E-state index in [-0.39, 0.29) is 11.8 Å². The molecule has 0 amide bonds. The molecule has 1 aliphatic rings. The standard InChI is InChI=1S/C22H19FN6O2/c1-29-9-11-30-19-12-16(6-7-18(19)29)26-20-17(23)13-25-22(28-20)27-15-4-2-14(3-5-15)21-24-8-10-31-21/h2-8,10,12-13H,9,11H2,1H3,(H2,25,26,27,28). The van der Waals surface area contributed by atoms with Crippen LogP contribution in [0.2, 0.25) is 0 Å². The van der Waals surface area contributed by atoms with Gasteiger partial charge in [-0.2, -0.15) is 4.98 Å². The van der Waals surface area contributed by atoms with E-state index in [4.69, 9.17) is 9.15 Å².